The predicted molar refractivity (Wildman–Crippen MR) is 123 cm³/mol. The number of ether oxygens (including phenoxy) is 2. The maximum Gasteiger partial charge on any atom is 0.256 e. The first kappa shape index (κ1) is 19.0. The monoisotopic (exact) mass is 430 g/mol. The molecular weight excluding hydrogens is 404 g/mol. The molecule has 164 valence electrons. The zero-order chi connectivity index (χ0) is 21.9. The molecule has 0 atom stereocenters. The van der Waals surface area contributed by atoms with Crippen molar-refractivity contribution in [2.75, 3.05) is 20.2 Å². The number of carbonyl (C=O) groups excluding carboxylic acids is 1. The van der Waals surface area contributed by atoms with Crippen LogP contribution in [0, 0.1) is 0 Å². The molecule has 1 N–H and O–H groups in total. The van der Waals surface area contributed by atoms with Gasteiger partial charge in [0, 0.05) is 57.2 Å². The number of hydrogen-bond donors (Lipinski definition) is 1. The number of aromatic nitrogens is 3. The summed E-state index contributed by atoms with van der Waals surface area (Å²) >= 11 is 0. The van der Waals surface area contributed by atoms with Crippen LogP contribution in [-0.4, -0.2) is 45.8 Å². The molecule has 4 aromatic rings. The normalized spacial score (nSPS) is 16.5. The van der Waals surface area contributed by atoms with Gasteiger partial charge in [0.25, 0.3) is 5.91 Å². The average molecular weight is 431 g/mol. The molecule has 0 bridgehead atoms. The maximum atomic E-state index is 13.5. The predicted octanol–water partition coefficient (Wildman–Crippen LogP) is 4.35. The van der Waals surface area contributed by atoms with Crippen LogP contribution in [0.5, 0.6) is 11.5 Å². The molecule has 1 spiro atoms. The Balaban J connectivity index is 0.00000228. The molecule has 1 saturated heterocycles. The SMILES string of the molecule is COc1cccc2[nH]cc(C(=O)N3CCC4(CC3)Oc3ccccc3-c3c4cnn3C)c12.[HH]. The average Bonchev–Trinajstić information content (AvgIpc) is 3.44. The van der Waals surface area contributed by atoms with Gasteiger partial charge in [0.1, 0.15) is 17.1 Å². The highest BCUT2D eigenvalue weighted by Gasteiger charge is 2.46. The van der Waals surface area contributed by atoms with Crippen molar-refractivity contribution in [2.45, 2.75) is 18.4 Å². The standard InChI is InChI=1S/C25H24N4O3.H2/c1-28-23-16-6-3-4-8-20(16)32-25(18(23)15-27-28)10-12-29(13-11-25)24(30)17-14-26-19-7-5-9-21(31-2)22(17)19;/h3-9,14-15,26H,10-13H2,1-2H3;1H. The lowest BCUT2D eigenvalue weighted by Gasteiger charge is -2.44. The lowest BCUT2D eigenvalue weighted by Crippen LogP contribution is -2.49. The summed E-state index contributed by atoms with van der Waals surface area (Å²) < 4.78 is 14.0. The molecule has 1 amide bonds. The van der Waals surface area contributed by atoms with Crippen molar-refractivity contribution in [1.82, 2.24) is 19.7 Å². The van der Waals surface area contributed by atoms with Gasteiger partial charge in [-0.15, -0.1) is 0 Å². The van der Waals surface area contributed by atoms with Crippen molar-refractivity contribution in [2.24, 2.45) is 7.05 Å². The number of fused-ring (bicyclic) bond motifs is 5. The number of piperidine rings is 1. The lowest BCUT2D eigenvalue weighted by atomic mass is 9.81. The maximum absolute atomic E-state index is 13.5. The number of nitrogens with zero attached hydrogens (tertiary/aromatic N) is 3. The van der Waals surface area contributed by atoms with Gasteiger partial charge in [0.05, 0.1) is 30.0 Å². The highest BCUT2D eigenvalue weighted by molar-refractivity contribution is 6.09. The fraction of sp³-hybridized carbons (Fsp3) is 0.280. The molecule has 2 aromatic carbocycles. The van der Waals surface area contributed by atoms with E-state index >= 15 is 0 Å². The molecule has 4 heterocycles. The number of rotatable bonds is 2. The van der Waals surface area contributed by atoms with Crippen molar-refractivity contribution < 1.29 is 15.7 Å². The molecule has 6 rings (SSSR count). The first-order valence-corrected chi connectivity index (χ1v) is 10.9. The molecule has 1 fully saturated rings. The largest absolute Gasteiger partial charge is 0.496 e. The van der Waals surface area contributed by atoms with Gasteiger partial charge in [-0.2, -0.15) is 5.10 Å². The minimum absolute atomic E-state index is 0. The number of H-pyrrole nitrogens is 1. The fourth-order valence-electron chi connectivity index (χ4n) is 5.21. The first-order valence-electron chi connectivity index (χ1n) is 10.9. The van der Waals surface area contributed by atoms with Gasteiger partial charge in [-0.25, -0.2) is 0 Å². The van der Waals surface area contributed by atoms with E-state index < -0.39 is 5.60 Å². The zero-order valence-electron chi connectivity index (χ0n) is 18.1. The van der Waals surface area contributed by atoms with E-state index in [-0.39, 0.29) is 7.33 Å². The molecule has 0 saturated carbocycles. The lowest BCUT2D eigenvalue weighted by molar-refractivity contribution is -0.00166. The third-order valence-corrected chi connectivity index (χ3v) is 6.85. The number of nitrogens with one attached hydrogen (secondary N) is 1. The summed E-state index contributed by atoms with van der Waals surface area (Å²) in [5, 5.41) is 5.36. The van der Waals surface area contributed by atoms with Crippen molar-refractivity contribution >= 4 is 16.8 Å². The van der Waals surface area contributed by atoms with Crippen LogP contribution in [0.2, 0.25) is 0 Å². The van der Waals surface area contributed by atoms with Gasteiger partial charge in [-0.3, -0.25) is 9.48 Å². The Kier molecular flexibility index (Phi) is 4.08. The Morgan fingerprint density at radius 2 is 2.00 bits per heavy atom. The Labute approximate surface area is 187 Å². The number of benzene rings is 2. The third-order valence-electron chi connectivity index (χ3n) is 6.85. The second kappa shape index (κ2) is 6.88. The fourth-order valence-corrected chi connectivity index (χ4v) is 5.21. The van der Waals surface area contributed by atoms with Crippen LogP contribution in [0.3, 0.4) is 0 Å². The highest BCUT2D eigenvalue weighted by atomic mass is 16.5. The molecule has 7 heteroatoms. The summed E-state index contributed by atoms with van der Waals surface area (Å²) in [6, 6.07) is 13.9. The van der Waals surface area contributed by atoms with Crippen LogP contribution >= 0.6 is 0 Å². The third kappa shape index (κ3) is 2.60. The quantitative estimate of drug-likeness (QED) is 0.513. The summed E-state index contributed by atoms with van der Waals surface area (Å²) in [4.78, 5) is 18.6. The van der Waals surface area contributed by atoms with Gasteiger partial charge >= 0.3 is 0 Å². The van der Waals surface area contributed by atoms with E-state index in [1.54, 1.807) is 13.3 Å². The molecule has 32 heavy (non-hydrogen) atoms. The summed E-state index contributed by atoms with van der Waals surface area (Å²) in [6.45, 7) is 1.22. The van der Waals surface area contributed by atoms with Crippen molar-refractivity contribution in [1.29, 1.82) is 0 Å². The topological polar surface area (TPSA) is 72.4 Å². The number of aromatic amines is 1. The number of methoxy groups -OCH3 is 1. The first-order chi connectivity index (χ1) is 15.6. The highest BCUT2D eigenvalue weighted by Crippen LogP contribution is 2.49. The number of para-hydroxylation sites is 1. The zero-order valence-corrected chi connectivity index (χ0v) is 18.1. The Morgan fingerprint density at radius 3 is 2.81 bits per heavy atom. The molecule has 0 unspecified atom stereocenters. The van der Waals surface area contributed by atoms with Crippen LogP contribution in [0.4, 0.5) is 0 Å². The van der Waals surface area contributed by atoms with E-state index in [1.165, 1.54) is 0 Å². The Bertz CT molecular complexity index is 1350. The summed E-state index contributed by atoms with van der Waals surface area (Å²) in [5.41, 5.74) is 4.36. The molecule has 0 aliphatic carbocycles. The number of amides is 1. The van der Waals surface area contributed by atoms with E-state index in [1.807, 2.05) is 59.2 Å². The number of hydrogen-bond acceptors (Lipinski definition) is 4. The minimum Gasteiger partial charge on any atom is -0.496 e. The second-order valence-electron chi connectivity index (χ2n) is 8.50. The van der Waals surface area contributed by atoms with Gasteiger partial charge in [-0.1, -0.05) is 18.2 Å². The van der Waals surface area contributed by atoms with Crippen LogP contribution in [0.25, 0.3) is 22.2 Å². The van der Waals surface area contributed by atoms with Crippen LogP contribution < -0.4 is 9.47 Å². The summed E-state index contributed by atoms with van der Waals surface area (Å²) in [7, 11) is 3.60. The van der Waals surface area contributed by atoms with E-state index in [2.05, 4.69) is 16.1 Å². The van der Waals surface area contributed by atoms with Gasteiger partial charge < -0.3 is 19.4 Å². The van der Waals surface area contributed by atoms with E-state index in [0.29, 0.717) is 37.2 Å². The van der Waals surface area contributed by atoms with Crippen molar-refractivity contribution in [3.05, 3.63) is 66.0 Å². The summed E-state index contributed by atoms with van der Waals surface area (Å²) in [5.74, 6) is 1.59. The smallest absolute Gasteiger partial charge is 0.256 e. The van der Waals surface area contributed by atoms with Gasteiger partial charge in [0.2, 0.25) is 0 Å². The van der Waals surface area contributed by atoms with Crippen molar-refractivity contribution in [3.63, 3.8) is 0 Å². The van der Waals surface area contributed by atoms with Crippen LogP contribution in [0.1, 0.15) is 30.2 Å². The van der Waals surface area contributed by atoms with Gasteiger partial charge in [-0.05, 0) is 24.3 Å². The van der Waals surface area contributed by atoms with E-state index in [0.717, 1.165) is 33.5 Å². The summed E-state index contributed by atoms with van der Waals surface area (Å²) in [6.07, 6.45) is 5.14. The number of likely N-dealkylation sites (tertiary alicyclic amines) is 1. The van der Waals surface area contributed by atoms with Crippen molar-refractivity contribution in [3.8, 4) is 22.8 Å². The minimum atomic E-state index is -0.466. The number of carbonyl (C=O) groups is 1. The molecule has 7 nitrogen and oxygen atoms in total. The molecule has 0 radical (unpaired) electrons. The van der Waals surface area contributed by atoms with Crippen LogP contribution in [0.15, 0.2) is 54.9 Å². The second-order valence-corrected chi connectivity index (χ2v) is 8.50. The Hall–Kier alpha value is -3.74. The molecular formula is C25H26N4O3. The molecule has 2 aliphatic rings. The molecule has 2 aliphatic heterocycles. The Morgan fingerprint density at radius 1 is 1.19 bits per heavy atom. The van der Waals surface area contributed by atoms with E-state index in [9.17, 15) is 4.79 Å². The number of aryl methyl sites for hydroxylation is 1. The van der Waals surface area contributed by atoms with E-state index in [4.69, 9.17) is 9.47 Å². The van der Waals surface area contributed by atoms with Gasteiger partial charge in [0.15, 0.2) is 0 Å². The molecule has 2 aromatic heterocycles. The van der Waals surface area contributed by atoms with Crippen LogP contribution in [-0.2, 0) is 12.6 Å².